The van der Waals surface area contributed by atoms with Crippen LogP contribution in [0.1, 0.15) is 19.4 Å². The normalized spacial score (nSPS) is 11.8. The SMILES string of the molecule is C/C=C/C(C)=N\c1[nH]ncc1CNc1ccc(-c2ccncc2)nc1. The van der Waals surface area contributed by atoms with Gasteiger partial charge in [-0.2, -0.15) is 5.10 Å². The van der Waals surface area contributed by atoms with Crippen LogP contribution in [0.4, 0.5) is 11.5 Å². The number of allylic oxidation sites excluding steroid dienone is 2. The van der Waals surface area contributed by atoms with Crippen molar-refractivity contribution in [3.05, 3.63) is 66.8 Å². The van der Waals surface area contributed by atoms with E-state index in [1.165, 1.54) is 0 Å². The number of hydrogen-bond acceptors (Lipinski definition) is 5. The number of hydrogen-bond donors (Lipinski definition) is 2. The van der Waals surface area contributed by atoms with Gasteiger partial charge in [0.15, 0.2) is 5.82 Å². The summed E-state index contributed by atoms with van der Waals surface area (Å²) in [5.74, 6) is 0.768. The maximum Gasteiger partial charge on any atom is 0.153 e. The Morgan fingerprint density at radius 3 is 2.76 bits per heavy atom. The van der Waals surface area contributed by atoms with E-state index < -0.39 is 0 Å². The number of pyridine rings is 2. The van der Waals surface area contributed by atoms with Crippen molar-refractivity contribution in [1.29, 1.82) is 0 Å². The molecule has 6 heteroatoms. The van der Waals surface area contributed by atoms with Crippen LogP contribution in [-0.2, 0) is 6.54 Å². The van der Waals surface area contributed by atoms with Crippen molar-refractivity contribution < 1.29 is 0 Å². The van der Waals surface area contributed by atoms with Crippen molar-refractivity contribution in [2.45, 2.75) is 20.4 Å². The van der Waals surface area contributed by atoms with E-state index in [1.54, 1.807) is 18.6 Å². The fourth-order valence-corrected chi connectivity index (χ4v) is 2.37. The number of H-pyrrole nitrogens is 1. The molecule has 0 saturated heterocycles. The fraction of sp³-hybridized carbons (Fsp3) is 0.158. The van der Waals surface area contributed by atoms with Crippen LogP contribution in [0.15, 0.2) is 66.2 Å². The number of anilines is 1. The first-order chi connectivity index (χ1) is 12.3. The van der Waals surface area contributed by atoms with Gasteiger partial charge in [0.2, 0.25) is 0 Å². The largest absolute Gasteiger partial charge is 0.380 e. The predicted molar refractivity (Wildman–Crippen MR) is 101 cm³/mol. The average Bonchev–Trinajstić information content (AvgIpc) is 3.08. The number of aliphatic imine (C=N–C) groups is 1. The molecule has 3 aromatic rings. The minimum absolute atomic E-state index is 0.620. The Morgan fingerprint density at radius 1 is 1.20 bits per heavy atom. The Morgan fingerprint density at radius 2 is 2.04 bits per heavy atom. The maximum atomic E-state index is 4.53. The second-order valence-electron chi connectivity index (χ2n) is 5.52. The lowest BCUT2D eigenvalue weighted by Gasteiger charge is -2.06. The third-order valence-electron chi connectivity index (χ3n) is 3.61. The lowest BCUT2D eigenvalue weighted by Crippen LogP contribution is -1.99. The van der Waals surface area contributed by atoms with Gasteiger partial charge in [0, 0.05) is 35.8 Å². The van der Waals surface area contributed by atoms with E-state index in [0.717, 1.165) is 34.0 Å². The predicted octanol–water partition coefficient (Wildman–Crippen LogP) is 4.15. The smallest absolute Gasteiger partial charge is 0.153 e. The number of aromatic nitrogens is 4. The first-order valence-corrected chi connectivity index (χ1v) is 8.07. The van der Waals surface area contributed by atoms with Gasteiger partial charge >= 0.3 is 0 Å². The zero-order chi connectivity index (χ0) is 17.5. The standard InChI is InChI=1S/C19H20N6/c1-3-4-14(2)24-19-16(12-23-25-19)11-21-17-5-6-18(22-13-17)15-7-9-20-10-8-15/h3-10,12-13,21H,11H2,1-2H3,(H,23,25)/b4-3+,24-14-. The van der Waals surface area contributed by atoms with Gasteiger partial charge in [-0.3, -0.25) is 15.1 Å². The van der Waals surface area contributed by atoms with Crippen LogP contribution in [-0.4, -0.2) is 25.9 Å². The third-order valence-corrected chi connectivity index (χ3v) is 3.61. The van der Waals surface area contributed by atoms with Crippen molar-refractivity contribution in [1.82, 2.24) is 20.2 Å². The molecule has 0 fully saturated rings. The summed E-state index contributed by atoms with van der Waals surface area (Å²) in [6.45, 7) is 4.55. The second-order valence-corrected chi connectivity index (χ2v) is 5.52. The van der Waals surface area contributed by atoms with Crippen molar-refractivity contribution in [3.63, 3.8) is 0 Å². The number of nitrogens with one attached hydrogen (secondary N) is 2. The number of rotatable bonds is 6. The Kier molecular flexibility index (Phi) is 5.31. The van der Waals surface area contributed by atoms with Crippen molar-refractivity contribution in [2.24, 2.45) is 4.99 Å². The summed E-state index contributed by atoms with van der Waals surface area (Å²) in [5, 5.41) is 10.4. The van der Waals surface area contributed by atoms with Crippen LogP contribution in [0.2, 0.25) is 0 Å². The summed E-state index contributed by atoms with van der Waals surface area (Å²) >= 11 is 0. The summed E-state index contributed by atoms with van der Waals surface area (Å²) in [6, 6.07) is 7.88. The molecule has 0 atom stereocenters. The fourth-order valence-electron chi connectivity index (χ4n) is 2.37. The quantitative estimate of drug-likeness (QED) is 0.665. The van der Waals surface area contributed by atoms with E-state index >= 15 is 0 Å². The molecule has 0 aliphatic carbocycles. The summed E-state index contributed by atoms with van der Waals surface area (Å²) in [7, 11) is 0. The van der Waals surface area contributed by atoms with Gasteiger partial charge in [-0.25, -0.2) is 4.99 Å². The third kappa shape index (κ3) is 4.38. The minimum atomic E-state index is 0.620. The molecule has 6 nitrogen and oxygen atoms in total. The van der Waals surface area contributed by atoms with Gasteiger partial charge in [-0.05, 0) is 44.2 Å². The molecule has 0 saturated carbocycles. The second kappa shape index (κ2) is 8.01. The molecule has 0 unspecified atom stereocenters. The van der Waals surface area contributed by atoms with Crippen LogP contribution >= 0.6 is 0 Å². The summed E-state index contributed by atoms with van der Waals surface area (Å²) in [6.07, 6.45) is 11.1. The first kappa shape index (κ1) is 16.6. The van der Waals surface area contributed by atoms with Crippen LogP contribution in [0.5, 0.6) is 0 Å². The molecule has 0 radical (unpaired) electrons. The molecular formula is C19H20N6. The van der Waals surface area contributed by atoms with Crippen molar-refractivity contribution in [3.8, 4) is 11.3 Å². The monoisotopic (exact) mass is 332 g/mol. The average molecular weight is 332 g/mol. The van der Waals surface area contributed by atoms with E-state index in [4.69, 9.17) is 0 Å². The molecule has 0 bridgehead atoms. The number of aromatic amines is 1. The Labute approximate surface area is 146 Å². The molecular weight excluding hydrogens is 312 g/mol. The molecule has 0 amide bonds. The van der Waals surface area contributed by atoms with Crippen molar-refractivity contribution in [2.75, 3.05) is 5.32 Å². The highest BCUT2D eigenvalue weighted by Gasteiger charge is 2.05. The molecule has 3 aromatic heterocycles. The molecule has 0 aliphatic rings. The van der Waals surface area contributed by atoms with Gasteiger partial charge in [0.05, 0.1) is 23.8 Å². The lowest BCUT2D eigenvalue weighted by atomic mass is 10.2. The van der Waals surface area contributed by atoms with Crippen molar-refractivity contribution >= 4 is 17.2 Å². The molecule has 0 aromatic carbocycles. The van der Waals surface area contributed by atoms with Gasteiger partial charge in [0.25, 0.3) is 0 Å². The summed E-state index contributed by atoms with van der Waals surface area (Å²) < 4.78 is 0. The Hall–Kier alpha value is -3.28. The Balaban J connectivity index is 1.67. The van der Waals surface area contributed by atoms with E-state index in [-0.39, 0.29) is 0 Å². The summed E-state index contributed by atoms with van der Waals surface area (Å²) in [4.78, 5) is 13.0. The number of nitrogens with zero attached hydrogens (tertiary/aromatic N) is 4. The topological polar surface area (TPSA) is 78.9 Å². The van der Waals surface area contributed by atoms with Crippen LogP contribution in [0.3, 0.4) is 0 Å². The molecule has 3 heterocycles. The molecule has 2 N–H and O–H groups in total. The Bertz CT molecular complexity index is 862. The van der Waals surface area contributed by atoms with E-state index in [0.29, 0.717) is 6.54 Å². The molecule has 126 valence electrons. The van der Waals surface area contributed by atoms with Gasteiger partial charge in [0.1, 0.15) is 0 Å². The van der Waals surface area contributed by atoms with Gasteiger partial charge in [-0.1, -0.05) is 6.08 Å². The highest BCUT2D eigenvalue weighted by Crippen LogP contribution is 2.20. The molecule has 3 rings (SSSR count). The van der Waals surface area contributed by atoms with E-state index in [2.05, 4.69) is 30.5 Å². The van der Waals surface area contributed by atoms with Crippen LogP contribution in [0, 0.1) is 0 Å². The highest BCUT2D eigenvalue weighted by molar-refractivity contribution is 5.94. The van der Waals surface area contributed by atoms with E-state index in [9.17, 15) is 0 Å². The lowest BCUT2D eigenvalue weighted by molar-refractivity contribution is 1.08. The molecule has 0 aliphatic heterocycles. The van der Waals surface area contributed by atoms with Crippen LogP contribution in [0.25, 0.3) is 11.3 Å². The minimum Gasteiger partial charge on any atom is -0.380 e. The van der Waals surface area contributed by atoms with Gasteiger partial charge in [-0.15, -0.1) is 0 Å². The van der Waals surface area contributed by atoms with E-state index in [1.807, 2.05) is 56.5 Å². The van der Waals surface area contributed by atoms with Gasteiger partial charge < -0.3 is 5.32 Å². The zero-order valence-electron chi connectivity index (χ0n) is 14.3. The molecule has 25 heavy (non-hydrogen) atoms. The summed E-state index contributed by atoms with van der Waals surface area (Å²) in [5.41, 5.74) is 4.84. The first-order valence-electron chi connectivity index (χ1n) is 8.07. The highest BCUT2D eigenvalue weighted by atomic mass is 15.2. The zero-order valence-corrected chi connectivity index (χ0v) is 14.3. The maximum absolute atomic E-state index is 4.53. The van der Waals surface area contributed by atoms with Crippen LogP contribution < -0.4 is 5.32 Å². The molecule has 0 spiro atoms.